The van der Waals surface area contributed by atoms with Gasteiger partial charge in [0.05, 0.1) is 5.56 Å². The maximum atomic E-state index is 11.9. The fraction of sp³-hybridized carbons (Fsp3) is 0.364. The topological polar surface area (TPSA) is 61.4 Å². The van der Waals surface area contributed by atoms with Gasteiger partial charge in [0, 0.05) is 16.2 Å². The molecular formula is C11H13IN2O2. The summed E-state index contributed by atoms with van der Waals surface area (Å²) in [5.41, 5.74) is 0.346. The number of phenols is 1. The molecule has 1 amide bonds. The Labute approximate surface area is 108 Å². The SMILES string of the molecule is O=C(NC1CCNC1)c1cc(I)ccc1O. The Hall–Kier alpha value is -0.820. The molecule has 4 nitrogen and oxygen atoms in total. The smallest absolute Gasteiger partial charge is 0.255 e. The minimum absolute atomic E-state index is 0.0314. The van der Waals surface area contributed by atoms with E-state index in [4.69, 9.17) is 0 Å². The molecule has 1 aliphatic rings. The van der Waals surface area contributed by atoms with E-state index in [1.807, 2.05) is 0 Å². The maximum Gasteiger partial charge on any atom is 0.255 e. The van der Waals surface area contributed by atoms with Crippen molar-refractivity contribution in [1.29, 1.82) is 0 Å². The van der Waals surface area contributed by atoms with E-state index >= 15 is 0 Å². The number of amides is 1. The van der Waals surface area contributed by atoms with E-state index in [0.717, 1.165) is 23.1 Å². The Morgan fingerprint density at radius 1 is 1.56 bits per heavy atom. The lowest BCUT2D eigenvalue weighted by Crippen LogP contribution is -2.36. The Balaban J connectivity index is 2.10. The molecule has 0 aromatic heterocycles. The number of carbonyl (C=O) groups excluding carboxylic acids is 1. The summed E-state index contributed by atoms with van der Waals surface area (Å²) >= 11 is 2.12. The molecule has 1 aromatic carbocycles. The van der Waals surface area contributed by atoms with Crippen molar-refractivity contribution in [1.82, 2.24) is 10.6 Å². The standard InChI is InChI=1S/C11H13IN2O2/c12-7-1-2-10(15)9(5-7)11(16)14-8-3-4-13-6-8/h1-2,5,8,13,15H,3-4,6H2,(H,14,16). The van der Waals surface area contributed by atoms with Crippen LogP contribution < -0.4 is 10.6 Å². The normalized spacial score (nSPS) is 19.7. The number of nitrogens with one attached hydrogen (secondary N) is 2. The number of halogens is 1. The summed E-state index contributed by atoms with van der Waals surface area (Å²) in [4.78, 5) is 11.9. The maximum absolute atomic E-state index is 11.9. The first kappa shape index (κ1) is 11.7. The summed E-state index contributed by atoms with van der Waals surface area (Å²) in [5, 5.41) is 15.7. The van der Waals surface area contributed by atoms with Crippen LogP contribution in [0.15, 0.2) is 18.2 Å². The molecule has 16 heavy (non-hydrogen) atoms. The molecule has 3 N–H and O–H groups in total. The van der Waals surface area contributed by atoms with Crippen molar-refractivity contribution in [3.8, 4) is 5.75 Å². The van der Waals surface area contributed by atoms with E-state index in [1.54, 1.807) is 18.2 Å². The van der Waals surface area contributed by atoms with Crippen LogP contribution in [-0.4, -0.2) is 30.1 Å². The molecule has 0 bridgehead atoms. The average Bonchev–Trinajstić information content (AvgIpc) is 2.74. The molecule has 1 saturated heterocycles. The molecule has 1 aromatic rings. The van der Waals surface area contributed by atoms with Gasteiger partial charge in [-0.05, 0) is 53.8 Å². The predicted octanol–water partition coefficient (Wildman–Crippen LogP) is 1.09. The third kappa shape index (κ3) is 2.65. The summed E-state index contributed by atoms with van der Waals surface area (Å²) < 4.78 is 0.935. The number of rotatable bonds is 2. The number of carbonyl (C=O) groups is 1. The highest BCUT2D eigenvalue weighted by Gasteiger charge is 2.19. The van der Waals surface area contributed by atoms with Gasteiger partial charge in [0.2, 0.25) is 0 Å². The van der Waals surface area contributed by atoms with Crippen LogP contribution >= 0.6 is 22.6 Å². The summed E-state index contributed by atoms with van der Waals surface area (Å²) in [5.74, 6) is -0.173. The molecule has 1 unspecified atom stereocenters. The van der Waals surface area contributed by atoms with Crippen molar-refractivity contribution in [3.63, 3.8) is 0 Å². The van der Waals surface area contributed by atoms with Gasteiger partial charge >= 0.3 is 0 Å². The van der Waals surface area contributed by atoms with Crippen molar-refractivity contribution in [2.45, 2.75) is 12.5 Å². The van der Waals surface area contributed by atoms with Crippen LogP contribution in [0.5, 0.6) is 5.75 Å². The van der Waals surface area contributed by atoms with Gasteiger partial charge in [-0.3, -0.25) is 4.79 Å². The van der Waals surface area contributed by atoms with Gasteiger partial charge in [0.1, 0.15) is 5.75 Å². The molecule has 0 saturated carbocycles. The van der Waals surface area contributed by atoms with Crippen LogP contribution in [-0.2, 0) is 0 Å². The molecule has 0 aliphatic carbocycles. The number of hydrogen-bond acceptors (Lipinski definition) is 3. The van der Waals surface area contributed by atoms with Crippen molar-refractivity contribution < 1.29 is 9.90 Å². The largest absolute Gasteiger partial charge is 0.507 e. The second-order valence-electron chi connectivity index (χ2n) is 3.82. The fourth-order valence-corrected chi connectivity index (χ4v) is 2.22. The second kappa shape index (κ2) is 5.01. The lowest BCUT2D eigenvalue weighted by atomic mass is 10.1. The van der Waals surface area contributed by atoms with E-state index in [2.05, 4.69) is 33.2 Å². The summed E-state index contributed by atoms with van der Waals surface area (Å²) in [7, 11) is 0. The third-order valence-corrected chi connectivity index (χ3v) is 3.27. The average molecular weight is 332 g/mol. The molecule has 0 spiro atoms. The zero-order chi connectivity index (χ0) is 11.5. The Morgan fingerprint density at radius 2 is 2.38 bits per heavy atom. The van der Waals surface area contributed by atoms with E-state index < -0.39 is 0 Å². The summed E-state index contributed by atoms with van der Waals surface area (Å²) in [6.07, 6.45) is 0.941. The van der Waals surface area contributed by atoms with Gasteiger partial charge in [-0.1, -0.05) is 0 Å². The van der Waals surface area contributed by atoms with Crippen LogP contribution in [0, 0.1) is 3.57 Å². The molecule has 1 heterocycles. The Kier molecular flexibility index (Phi) is 3.65. The van der Waals surface area contributed by atoms with Gasteiger partial charge in [0.15, 0.2) is 0 Å². The van der Waals surface area contributed by atoms with Crippen LogP contribution in [0.2, 0.25) is 0 Å². The number of benzene rings is 1. The molecule has 5 heteroatoms. The van der Waals surface area contributed by atoms with Crippen molar-refractivity contribution >= 4 is 28.5 Å². The molecule has 2 rings (SSSR count). The highest BCUT2D eigenvalue weighted by molar-refractivity contribution is 14.1. The number of aromatic hydroxyl groups is 1. The van der Waals surface area contributed by atoms with Crippen LogP contribution in [0.25, 0.3) is 0 Å². The first-order valence-corrected chi connectivity index (χ1v) is 6.25. The van der Waals surface area contributed by atoms with Crippen LogP contribution in [0.1, 0.15) is 16.8 Å². The van der Waals surface area contributed by atoms with E-state index in [0.29, 0.717) is 5.56 Å². The van der Waals surface area contributed by atoms with E-state index in [1.165, 1.54) is 0 Å². The lowest BCUT2D eigenvalue weighted by molar-refractivity contribution is 0.0937. The highest BCUT2D eigenvalue weighted by Crippen LogP contribution is 2.19. The number of phenolic OH excluding ortho intramolecular Hbond substituents is 1. The zero-order valence-corrected chi connectivity index (χ0v) is 10.8. The zero-order valence-electron chi connectivity index (χ0n) is 8.66. The monoisotopic (exact) mass is 332 g/mol. The van der Waals surface area contributed by atoms with Gasteiger partial charge in [-0.15, -0.1) is 0 Å². The lowest BCUT2D eigenvalue weighted by Gasteiger charge is -2.12. The Morgan fingerprint density at radius 3 is 3.06 bits per heavy atom. The fourth-order valence-electron chi connectivity index (χ4n) is 1.73. The number of hydrogen-bond donors (Lipinski definition) is 3. The summed E-state index contributed by atoms with van der Waals surface area (Å²) in [6, 6.07) is 5.17. The first-order chi connectivity index (χ1) is 7.66. The van der Waals surface area contributed by atoms with Gasteiger partial charge in [0.25, 0.3) is 5.91 Å². The molecule has 0 radical (unpaired) electrons. The predicted molar refractivity (Wildman–Crippen MR) is 69.6 cm³/mol. The minimum atomic E-state index is -0.204. The van der Waals surface area contributed by atoms with Crippen molar-refractivity contribution in [2.75, 3.05) is 13.1 Å². The van der Waals surface area contributed by atoms with Gasteiger partial charge < -0.3 is 15.7 Å². The molecule has 1 fully saturated rings. The van der Waals surface area contributed by atoms with E-state index in [-0.39, 0.29) is 17.7 Å². The highest BCUT2D eigenvalue weighted by atomic mass is 127. The van der Waals surface area contributed by atoms with Crippen LogP contribution in [0.4, 0.5) is 0 Å². The van der Waals surface area contributed by atoms with E-state index in [9.17, 15) is 9.90 Å². The second-order valence-corrected chi connectivity index (χ2v) is 5.07. The molecular weight excluding hydrogens is 319 g/mol. The van der Waals surface area contributed by atoms with Crippen molar-refractivity contribution in [3.05, 3.63) is 27.3 Å². The molecule has 1 atom stereocenters. The minimum Gasteiger partial charge on any atom is -0.507 e. The van der Waals surface area contributed by atoms with Crippen LogP contribution in [0.3, 0.4) is 0 Å². The molecule has 1 aliphatic heterocycles. The summed E-state index contributed by atoms with van der Waals surface area (Å²) in [6.45, 7) is 1.74. The Bertz CT molecular complexity index is 403. The quantitative estimate of drug-likeness (QED) is 0.711. The molecule has 86 valence electrons. The third-order valence-electron chi connectivity index (χ3n) is 2.60. The van der Waals surface area contributed by atoms with Crippen molar-refractivity contribution in [2.24, 2.45) is 0 Å². The van der Waals surface area contributed by atoms with Gasteiger partial charge in [-0.2, -0.15) is 0 Å². The first-order valence-electron chi connectivity index (χ1n) is 5.17. The van der Waals surface area contributed by atoms with Gasteiger partial charge in [-0.25, -0.2) is 0 Å².